The molecule has 0 saturated heterocycles. The number of aryl methyl sites for hydroxylation is 2. The summed E-state index contributed by atoms with van der Waals surface area (Å²) in [7, 11) is 1.87. The topological polar surface area (TPSA) is 27.1 Å². The molecule has 6 heteroatoms. The van der Waals surface area contributed by atoms with Gasteiger partial charge in [-0.3, -0.25) is 4.68 Å². The van der Waals surface area contributed by atoms with Crippen molar-refractivity contribution in [3.05, 3.63) is 44.6 Å². The Balaban J connectivity index is 2.15. The number of ether oxygens (including phenoxy) is 1. The van der Waals surface area contributed by atoms with Gasteiger partial charge in [-0.2, -0.15) is 5.10 Å². The quantitative estimate of drug-likeness (QED) is 0.705. The van der Waals surface area contributed by atoms with Crippen LogP contribution < -0.4 is 4.74 Å². The zero-order valence-electron chi connectivity index (χ0n) is 11.3. The fraction of sp³-hybridized carbons (Fsp3) is 0.357. The largest absolute Gasteiger partial charge is 0.486 e. The number of aromatic nitrogens is 2. The maximum Gasteiger partial charge on any atom is 0.134 e. The molecule has 2 rings (SSSR count). The van der Waals surface area contributed by atoms with Crippen LogP contribution in [-0.2, 0) is 26.0 Å². The van der Waals surface area contributed by atoms with E-state index >= 15 is 0 Å². The molecule has 0 saturated carbocycles. The van der Waals surface area contributed by atoms with Crippen LogP contribution in [0.1, 0.15) is 23.9 Å². The molecule has 0 aliphatic rings. The lowest BCUT2D eigenvalue weighted by atomic mass is 10.2. The standard InChI is InChI=1S/C14H15BrCl2N2O/c1-3-11-14(17)12(19(2)18-11)8-20-13-5-4-9(7-16)6-10(13)15/h4-6H,3,7-8H2,1-2H3. The Kier molecular flexibility index (Phi) is 5.35. The van der Waals surface area contributed by atoms with E-state index in [2.05, 4.69) is 21.0 Å². The first-order valence-electron chi connectivity index (χ1n) is 6.24. The lowest BCUT2D eigenvalue weighted by Gasteiger charge is -2.09. The van der Waals surface area contributed by atoms with Gasteiger partial charge in [-0.05, 0) is 40.0 Å². The first kappa shape index (κ1) is 15.7. The molecule has 0 fully saturated rings. The summed E-state index contributed by atoms with van der Waals surface area (Å²) in [4.78, 5) is 0. The number of alkyl halides is 1. The molecule has 20 heavy (non-hydrogen) atoms. The van der Waals surface area contributed by atoms with Gasteiger partial charge in [-0.25, -0.2) is 0 Å². The number of nitrogens with zero attached hydrogens (tertiary/aromatic N) is 2. The molecule has 2 aromatic rings. The fourth-order valence-electron chi connectivity index (χ4n) is 1.87. The molecule has 1 aromatic heterocycles. The lowest BCUT2D eigenvalue weighted by Crippen LogP contribution is -2.04. The minimum atomic E-state index is 0.376. The van der Waals surface area contributed by atoms with Gasteiger partial charge in [0.1, 0.15) is 12.4 Å². The van der Waals surface area contributed by atoms with Crippen LogP contribution in [0.25, 0.3) is 0 Å². The molecule has 1 aromatic carbocycles. The van der Waals surface area contributed by atoms with E-state index < -0.39 is 0 Å². The predicted octanol–water partition coefficient (Wildman–Crippen LogP) is 4.72. The molecule has 3 nitrogen and oxygen atoms in total. The first-order chi connectivity index (χ1) is 9.56. The number of benzene rings is 1. The molecule has 0 unspecified atom stereocenters. The van der Waals surface area contributed by atoms with Crippen molar-refractivity contribution in [3.8, 4) is 5.75 Å². The van der Waals surface area contributed by atoms with E-state index in [9.17, 15) is 0 Å². The zero-order chi connectivity index (χ0) is 14.7. The van der Waals surface area contributed by atoms with Gasteiger partial charge in [0, 0.05) is 12.9 Å². The SMILES string of the molecule is CCc1nn(C)c(COc2ccc(CCl)cc2Br)c1Cl. The molecule has 0 radical (unpaired) electrons. The van der Waals surface area contributed by atoms with Crippen LogP contribution in [0.5, 0.6) is 5.75 Å². The van der Waals surface area contributed by atoms with Crippen LogP contribution >= 0.6 is 39.1 Å². The van der Waals surface area contributed by atoms with E-state index in [1.165, 1.54) is 0 Å². The molecule has 0 bridgehead atoms. The highest BCUT2D eigenvalue weighted by Gasteiger charge is 2.14. The molecule has 0 atom stereocenters. The van der Waals surface area contributed by atoms with E-state index in [0.717, 1.165) is 33.6 Å². The highest BCUT2D eigenvalue weighted by atomic mass is 79.9. The lowest BCUT2D eigenvalue weighted by molar-refractivity contribution is 0.293. The highest BCUT2D eigenvalue weighted by Crippen LogP contribution is 2.29. The third-order valence-corrected chi connectivity index (χ3v) is 4.38. The molecule has 0 spiro atoms. The molecule has 0 amide bonds. The summed E-state index contributed by atoms with van der Waals surface area (Å²) in [6.45, 7) is 2.40. The minimum absolute atomic E-state index is 0.376. The van der Waals surface area contributed by atoms with Crippen molar-refractivity contribution >= 4 is 39.1 Å². The Hall–Kier alpha value is -0.710. The minimum Gasteiger partial charge on any atom is -0.486 e. The fourth-order valence-corrected chi connectivity index (χ4v) is 2.92. The monoisotopic (exact) mass is 376 g/mol. The van der Waals surface area contributed by atoms with Crippen LogP contribution in [0.15, 0.2) is 22.7 Å². The third-order valence-electron chi connectivity index (χ3n) is 3.02. The van der Waals surface area contributed by atoms with Crippen molar-refractivity contribution in [1.29, 1.82) is 0 Å². The van der Waals surface area contributed by atoms with Crippen LogP contribution in [0.4, 0.5) is 0 Å². The van der Waals surface area contributed by atoms with Crippen LogP contribution in [-0.4, -0.2) is 9.78 Å². The number of hydrogen-bond acceptors (Lipinski definition) is 2. The van der Waals surface area contributed by atoms with Gasteiger partial charge >= 0.3 is 0 Å². The maximum atomic E-state index is 6.29. The second kappa shape index (κ2) is 6.83. The maximum absolute atomic E-state index is 6.29. The summed E-state index contributed by atoms with van der Waals surface area (Å²) in [5.74, 6) is 1.24. The van der Waals surface area contributed by atoms with Gasteiger partial charge in [0.25, 0.3) is 0 Å². The summed E-state index contributed by atoms with van der Waals surface area (Å²) < 4.78 is 8.45. The van der Waals surface area contributed by atoms with Gasteiger partial charge in [0.15, 0.2) is 0 Å². The predicted molar refractivity (Wildman–Crippen MR) is 85.6 cm³/mol. The van der Waals surface area contributed by atoms with Gasteiger partial charge in [-0.1, -0.05) is 24.6 Å². The van der Waals surface area contributed by atoms with E-state index in [1.54, 1.807) is 4.68 Å². The third kappa shape index (κ3) is 3.30. The second-order valence-corrected chi connectivity index (χ2v) is 5.87. The molecular formula is C14H15BrCl2N2O. The van der Waals surface area contributed by atoms with E-state index in [0.29, 0.717) is 17.5 Å². The Morgan fingerprint density at radius 2 is 2.15 bits per heavy atom. The normalized spacial score (nSPS) is 10.8. The first-order valence-corrected chi connectivity index (χ1v) is 7.94. The van der Waals surface area contributed by atoms with Crippen molar-refractivity contribution in [2.75, 3.05) is 0 Å². The zero-order valence-corrected chi connectivity index (χ0v) is 14.4. The van der Waals surface area contributed by atoms with Gasteiger partial charge in [0.05, 0.1) is 20.9 Å². The summed E-state index contributed by atoms with van der Waals surface area (Å²) >= 11 is 15.6. The number of hydrogen-bond donors (Lipinski definition) is 0. The molecule has 0 N–H and O–H groups in total. The summed E-state index contributed by atoms with van der Waals surface area (Å²) in [5, 5.41) is 5.05. The average molecular weight is 378 g/mol. The number of rotatable bonds is 5. The van der Waals surface area contributed by atoms with E-state index in [4.69, 9.17) is 27.9 Å². The molecule has 0 aliphatic heterocycles. The molecular weight excluding hydrogens is 363 g/mol. The number of halogens is 3. The van der Waals surface area contributed by atoms with E-state index in [-0.39, 0.29) is 0 Å². The highest BCUT2D eigenvalue weighted by molar-refractivity contribution is 9.10. The van der Waals surface area contributed by atoms with Crippen LogP contribution in [0, 0.1) is 0 Å². The second-order valence-electron chi connectivity index (χ2n) is 4.37. The van der Waals surface area contributed by atoms with Gasteiger partial charge in [-0.15, -0.1) is 11.6 Å². The van der Waals surface area contributed by atoms with Crippen molar-refractivity contribution in [2.45, 2.75) is 25.8 Å². The van der Waals surface area contributed by atoms with Crippen LogP contribution in [0.3, 0.4) is 0 Å². The van der Waals surface area contributed by atoms with Gasteiger partial charge < -0.3 is 4.74 Å². The van der Waals surface area contributed by atoms with E-state index in [1.807, 2.05) is 32.2 Å². The molecule has 1 heterocycles. The summed E-state index contributed by atoms with van der Waals surface area (Å²) in [6, 6.07) is 5.78. The summed E-state index contributed by atoms with van der Waals surface area (Å²) in [5.41, 5.74) is 2.80. The van der Waals surface area contributed by atoms with Gasteiger partial charge in [0.2, 0.25) is 0 Å². The summed E-state index contributed by atoms with van der Waals surface area (Å²) in [6.07, 6.45) is 0.806. The van der Waals surface area contributed by atoms with Crippen molar-refractivity contribution in [1.82, 2.24) is 9.78 Å². The average Bonchev–Trinajstić information content (AvgIpc) is 2.72. The van der Waals surface area contributed by atoms with Crippen molar-refractivity contribution in [2.24, 2.45) is 7.05 Å². The Morgan fingerprint density at radius 1 is 1.40 bits per heavy atom. The Bertz CT molecular complexity index is 613. The van der Waals surface area contributed by atoms with Crippen molar-refractivity contribution in [3.63, 3.8) is 0 Å². The Morgan fingerprint density at radius 3 is 2.70 bits per heavy atom. The van der Waals surface area contributed by atoms with Crippen LogP contribution in [0.2, 0.25) is 5.02 Å². The molecule has 108 valence electrons. The molecule has 0 aliphatic carbocycles. The Labute approximate surface area is 137 Å². The van der Waals surface area contributed by atoms with Crippen molar-refractivity contribution < 1.29 is 4.74 Å². The smallest absolute Gasteiger partial charge is 0.134 e.